The van der Waals surface area contributed by atoms with Crippen LogP contribution in [0, 0.1) is 0 Å². The summed E-state index contributed by atoms with van der Waals surface area (Å²) in [4.78, 5) is 15.7. The molecule has 0 amide bonds. The fourth-order valence-electron chi connectivity index (χ4n) is 4.72. The number of fused-ring (bicyclic) bond motifs is 2. The van der Waals surface area contributed by atoms with Crippen LogP contribution in [0.3, 0.4) is 0 Å². The maximum absolute atomic E-state index is 13.2. The summed E-state index contributed by atoms with van der Waals surface area (Å²) < 4.78 is 11.3. The van der Waals surface area contributed by atoms with E-state index in [4.69, 9.17) is 9.47 Å². The highest BCUT2D eigenvalue weighted by Gasteiger charge is 2.40. The Balaban J connectivity index is 1.49. The highest BCUT2D eigenvalue weighted by atomic mass is 16.5. The Bertz CT molecular complexity index is 775. The molecule has 0 N–H and O–H groups in total. The van der Waals surface area contributed by atoms with E-state index in [9.17, 15) is 4.79 Å². The standard InChI is InChI=1S/C24H29NO3/c1-25-19-10-11-20(25)16-22(15-19)28-24(26)23(18-6-4-3-5-7-18)14-17-8-12-21(27-2)13-9-17/h3-9,12-13,19-20,22-23H,10-11,14-16H2,1-2H3. The number of rotatable bonds is 6. The van der Waals surface area contributed by atoms with Crippen molar-refractivity contribution in [1.29, 1.82) is 0 Å². The number of carbonyl (C=O) groups is 1. The molecule has 0 aromatic heterocycles. The first-order chi connectivity index (χ1) is 13.6. The van der Waals surface area contributed by atoms with Crippen LogP contribution in [0.5, 0.6) is 5.75 Å². The van der Waals surface area contributed by atoms with Gasteiger partial charge in [0.25, 0.3) is 0 Å². The molecule has 148 valence electrons. The number of methoxy groups -OCH3 is 1. The molecule has 3 atom stereocenters. The maximum Gasteiger partial charge on any atom is 0.314 e. The van der Waals surface area contributed by atoms with Crippen molar-refractivity contribution in [3.05, 3.63) is 65.7 Å². The van der Waals surface area contributed by atoms with E-state index in [0.717, 1.165) is 29.7 Å². The summed E-state index contributed by atoms with van der Waals surface area (Å²) in [6.45, 7) is 0. The van der Waals surface area contributed by atoms with Gasteiger partial charge in [-0.25, -0.2) is 0 Å². The van der Waals surface area contributed by atoms with Crippen LogP contribution in [0.2, 0.25) is 0 Å². The summed E-state index contributed by atoms with van der Waals surface area (Å²) in [5.41, 5.74) is 2.12. The van der Waals surface area contributed by atoms with E-state index in [1.807, 2.05) is 54.6 Å². The Labute approximate surface area is 167 Å². The molecule has 4 nitrogen and oxygen atoms in total. The molecule has 4 heteroatoms. The molecule has 0 spiro atoms. The maximum atomic E-state index is 13.2. The molecular formula is C24H29NO3. The van der Waals surface area contributed by atoms with Gasteiger partial charge in [0.1, 0.15) is 11.9 Å². The Kier molecular flexibility index (Phi) is 5.67. The number of esters is 1. The smallest absolute Gasteiger partial charge is 0.314 e. The lowest BCUT2D eigenvalue weighted by Gasteiger charge is -2.36. The van der Waals surface area contributed by atoms with Gasteiger partial charge >= 0.3 is 5.97 Å². The summed E-state index contributed by atoms with van der Waals surface area (Å²) in [7, 11) is 3.87. The third-order valence-corrected chi connectivity index (χ3v) is 6.42. The van der Waals surface area contributed by atoms with Crippen LogP contribution in [0.15, 0.2) is 54.6 Å². The number of hydrogen-bond donors (Lipinski definition) is 0. The predicted molar refractivity (Wildman–Crippen MR) is 110 cm³/mol. The fraction of sp³-hybridized carbons (Fsp3) is 0.458. The Hall–Kier alpha value is -2.33. The minimum absolute atomic E-state index is 0.0447. The van der Waals surface area contributed by atoms with Crippen LogP contribution in [0.1, 0.15) is 42.7 Å². The molecule has 2 aliphatic heterocycles. The van der Waals surface area contributed by atoms with Gasteiger partial charge in [-0.3, -0.25) is 4.79 Å². The molecule has 2 bridgehead atoms. The van der Waals surface area contributed by atoms with Crippen LogP contribution in [0.25, 0.3) is 0 Å². The first kappa shape index (κ1) is 19.0. The molecule has 0 saturated carbocycles. The van der Waals surface area contributed by atoms with Crippen molar-refractivity contribution < 1.29 is 14.3 Å². The van der Waals surface area contributed by atoms with Crippen LogP contribution >= 0.6 is 0 Å². The Morgan fingerprint density at radius 3 is 2.29 bits per heavy atom. The van der Waals surface area contributed by atoms with E-state index in [-0.39, 0.29) is 18.0 Å². The predicted octanol–water partition coefficient (Wildman–Crippen LogP) is 4.19. The molecule has 3 unspecified atom stereocenters. The van der Waals surface area contributed by atoms with E-state index in [1.54, 1.807) is 7.11 Å². The number of nitrogens with zero attached hydrogens (tertiary/aromatic N) is 1. The molecule has 2 fully saturated rings. The van der Waals surface area contributed by atoms with Crippen LogP contribution in [0.4, 0.5) is 0 Å². The second-order valence-electron chi connectivity index (χ2n) is 8.10. The van der Waals surface area contributed by atoms with E-state index >= 15 is 0 Å². The summed E-state index contributed by atoms with van der Waals surface area (Å²) in [6, 6.07) is 19.1. The molecule has 2 aromatic rings. The third kappa shape index (κ3) is 4.07. The fourth-order valence-corrected chi connectivity index (χ4v) is 4.72. The number of ether oxygens (including phenoxy) is 2. The van der Waals surface area contributed by atoms with Gasteiger partial charge in [-0.1, -0.05) is 42.5 Å². The van der Waals surface area contributed by atoms with Crippen molar-refractivity contribution in [3.8, 4) is 5.75 Å². The van der Waals surface area contributed by atoms with Gasteiger partial charge in [0.05, 0.1) is 13.0 Å². The first-order valence-electron chi connectivity index (χ1n) is 10.2. The monoisotopic (exact) mass is 379 g/mol. The molecule has 2 aromatic carbocycles. The second kappa shape index (κ2) is 8.36. The molecule has 4 rings (SSSR count). The quantitative estimate of drug-likeness (QED) is 0.706. The third-order valence-electron chi connectivity index (χ3n) is 6.42. The van der Waals surface area contributed by atoms with Crippen molar-refractivity contribution in [2.45, 2.75) is 56.2 Å². The molecule has 0 aliphatic carbocycles. The zero-order chi connectivity index (χ0) is 19.5. The Morgan fingerprint density at radius 1 is 1.04 bits per heavy atom. The second-order valence-corrected chi connectivity index (χ2v) is 8.10. The van der Waals surface area contributed by atoms with Crippen molar-refractivity contribution in [2.75, 3.05) is 14.2 Å². The number of piperidine rings is 1. The normalized spacial score (nSPS) is 25.3. The summed E-state index contributed by atoms with van der Waals surface area (Å²) in [5.74, 6) is 0.437. The van der Waals surface area contributed by atoms with E-state index in [0.29, 0.717) is 18.5 Å². The first-order valence-corrected chi connectivity index (χ1v) is 10.2. The van der Waals surface area contributed by atoms with Gasteiger partial charge in [-0.2, -0.15) is 0 Å². The van der Waals surface area contributed by atoms with Crippen molar-refractivity contribution >= 4 is 5.97 Å². The van der Waals surface area contributed by atoms with Crippen LogP contribution in [-0.4, -0.2) is 43.2 Å². The lowest BCUT2D eigenvalue weighted by molar-refractivity contribution is -0.154. The highest BCUT2D eigenvalue weighted by molar-refractivity contribution is 5.78. The zero-order valence-corrected chi connectivity index (χ0v) is 16.7. The van der Waals surface area contributed by atoms with Crippen molar-refractivity contribution in [2.24, 2.45) is 0 Å². The summed E-state index contributed by atoms with van der Waals surface area (Å²) >= 11 is 0. The molecule has 0 radical (unpaired) electrons. The van der Waals surface area contributed by atoms with Gasteiger partial charge in [0.2, 0.25) is 0 Å². The largest absolute Gasteiger partial charge is 0.497 e. The minimum Gasteiger partial charge on any atom is -0.497 e. The van der Waals surface area contributed by atoms with Gasteiger partial charge in [0.15, 0.2) is 0 Å². The Morgan fingerprint density at radius 2 is 1.68 bits per heavy atom. The highest BCUT2D eigenvalue weighted by Crippen LogP contribution is 2.36. The number of carbonyl (C=O) groups excluding carboxylic acids is 1. The van der Waals surface area contributed by atoms with Gasteiger partial charge in [-0.15, -0.1) is 0 Å². The van der Waals surface area contributed by atoms with E-state index in [2.05, 4.69) is 11.9 Å². The molecule has 2 saturated heterocycles. The average molecular weight is 380 g/mol. The van der Waals surface area contributed by atoms with Crippen LogP contribution < -0.4 is 4.74 Å². The topological polar surface area (TPSA) is 38.8 Å². The molecule has 2 heterocycles. The molecule has 28 heavy (non-hydrogen) atoms. The van der Waals surface area contributed by atoms with Crippen molar-refractivity contribution in [3.63, 3.8) is 0 Å². The van der Waals surface area contributed by atoms with Gasteiger partial charge < -0.3 is 14.4 Å². The summed E-state index contributed by atoms with van der Waals surface area (Å²) in [5, 5.41) is 0. The number of benzene rings is 2. The lowest BCUT2D eigenvalue weighted by Crippen LogP contribution is -2.43. The summed E-state index contributed by atoms with van der Waals surface area (Å²) in [6.07, 6.45) is 5.05. The van der Waals surface area contributed by atoms with Crippen LogP contribution in [-0.2, 0) is 16.0 Å². The number of hydrogen-bond acceptors (Lipinski definition) is 4. The average Bonchev–Trinajstić information content (AvgIpc) is 2.93. The van der Waals surface area contributed by atoms with E-state index < -0.39 is 0 Å². The minimum atomic E-state index is -0.285. The zero-order valence-electron chi connectivity index (χ0n) is 16.7. The SMILES string of the molecule is COc1ccc(CC(C(=O)OC2CC3CCC(C2)N3C)c2ccccc2)cc1. The van der Waals surface area contributed by atoms with Gasteiger partial charge in [0, 0.05) is 12.1 Å². The van der Waals surface area contributed by atoms with E-state index in [1.165, 1.54) is 12.8 Å². The lowest BCUT2D eigenvalue weighted by atomic mass is 9.91. The van der Waals surface area contributed by atoms with Gasteiger partial charge in [-0.05, 0) is 62.4 Å². The van der Waals surface area contributed by atoms with Crippen molar-refractivity contribution in [1.82, 2.24) is 4.90 Å². The molecule has 2 aliphatic rings. The molecular weight excluding hydrogens is 350 g/mol.